The van der Waals surface area contributed by atoms with Crippen molar-refractivity contribution < 1.29 is 14.0 Å². The lowest BCUT2D eigenvalue weighted by atomic mass is 9.98. The van der Waals surface area contributed by atoms with E-state index in [1.807, 2.05) is 4.90 Å². The number of carbonyl (C=O) groups is 2. The Morgan fingerprint density at radius 2 is 2.15 bits per heavy atom. The van der Waals surface area contributed by atoms with Crippen molar-refractivity contribution in [3.63, 3.8) is 0 Å². The fourth-order valence-corrected chi connectivity index (χ4v) is 5.94. The van der Waals surface area contributed by atoms with Gasteiger partial charge in [-0.25, -0.2) is 19.2 Å². The number of halogens is 1. The second-order valence-corrected chi connectivity index (χ2v) is 10.3. The molecular formula is C23H26FN5O2S2. The number of urea groups is 1. The highest BCUT2D eigenvalue weighted by atomic mass is 32.2. The third kappa shape index (κ3) is 5.80. The average Bonchev–Trinajstić information content (AvgIpc) is 3.10. The van der Waals surface area contributed by atoms with Crippen LogP contribution in [0, 0.1) is 25.6 Å². The number of aromatic nitrogens is 2. The topological polar surface area (TPSA) is 87.2 Å². The number of aryl methyl sites for hydroxylation is 2. The summed E-state index contributed by atoms with van der Waals surface area (Å²) in [6.45, 7) is 5.92. The van der Waals surface area contributed by atoms with Gasteiger partial charge in [0.2, 0.25) is 5.91 Å². The van der Waals surface area contributed by atoms with Gasteiger partial charge in [0.15, 0.2) is 0 Å². The van der Waals surface area contributed by atoms with E-state index >= 15 is 0 Å². The van der Waals surface area contributed by atoms with E-state index in [0.29, 0.717) is 24.5 Å². The Kier molecular flexibility index (Phi) is 7.44. The van der Waals surface area contributed by atoms with Gasteiger partial charge in [0, 0.05) is 35.6 Å². The van der Waals surface area contributed by atoms with E-state index in [4.69, 9.17) is 0 Å². The van der Waals surface area contributed by atoms with E-state index in [1.165, 1.54) is 34.3 Å². The number of piperidine rings is 1. The molecule has 3 heterocycles. The molecule has 1 saturated heterocycles. The Labute approximate surface area is 200 Å². The van der Waals surface area contributed by atoms with E-state index in [2.05, 4.69) is 34.4 Å². The van der Waals surface area contributed by atoms with Crippen molar-refractivity contribution in [2.45, 2.75) is 31.7 Å². The lowest BCUT2D eigenvalue weighted by Crippen LogP contribution is -2.45. The zero-order chi connectivity index (χ0) is 23.4. The van der Waals surface area contributed by atoms with Crippen molar-refractivity contribution in [3.8, 4) is 0 Å². The zero-order valence-corrected chi connectivity index (χ0v) is 20.2. The minimum Gasteiger partial charge on any atom is -0.342 e. The summed E-state index contributed by atoms with van der Waals surface area (Å²) < 4.78 is 13.3. The summed E-state index contributed by atoms with van der Waals surface area (Å²) in [7, 11) is 0. The van der Waals surface area contributed by atoms with Crippen LogP contribution in [0.25, 0.3) is 10.2 Å². The first-order chi connectivity index (χ1) is 15.9. The molecule has 7 nitrogen and oxygen atoms in total. The number of anilines is 1. The second-order valence-electron chi connectivity index (χ2n) is 8.12. The normalized spacial score (nSPS) is 16.1. The van der Waals surface area contributed by atoms with Gasteiger partial charge in [-0.15, -0.1) is 11.3 Å². The number of nitrogens with zero attached hydrogens (tertiary/aromatic N) is 3. The van der Waals surface area contributed by atoms with Crippen LogP contribution in [0.5, 0.6) is 0 Å². The smallest absolute Gasteiger partial charge is 0.319 e. The fraction of sp³-hybridized carbons (Fsp3) is 0.391. The molecule has 1 aliphatic rings. The molecule has 33 heavy (non-hydrogen) atoms. The molecule has 0 bridgehead atoms. The van der Waals surface area contributed by atoms with E-state index < -0.39 is 5.82 Å². The molecule has 0 spiro atoms. The second kappa shape index (κ2) is 10.5. The number of amides is 3. The Morgan fingerprint density at radius 3 is 2.97 bits per heavy atom. The quantitative estimate of drug-likeness (QED) is 0.392. The number of fused-ring (bicyclic) bond motifs is 1. The SMILES string of the molecule is Cc1sc2ncnc(SCC(=O)N3CCCC(CNC(=O)Nc4cccc(F)c4)C3)c2c1C. The van der Waals surface area contributed by atoms with Crippen LogP contribution in [0.15, 0.2) is 35.6 Å². The molecule has 1 atom stereocenters. The molecule has 3 amide bonds. The molecule has 0 radical (unpaired) electrons. The number of thiophene rings is 1. The average molecular weight is 488 g/mol. The van der Waals surface area contributed by atoms with Crippen molar-refractivity contribution in [2.24, 2.45) is 5.92 Å². The fourth-order valence-electron chi connectivity index (χ4n) is 3.92. The first kappa shape index (κ1) is 23.4. The molecule has 174 valence electrons. The van der Waals surface area contributed by atoms with Gasteiger partial charge >= 0.3 is 6.03 Å². The number of hydrogen-bond acceptors (Lipinski definition) is 6. The van der Waals surface area contributed by atoms with Crippen molar-refractivity contribution in [1.29, 1.82) is 0 Å². The maximum Gasteiger partial charge on any atom is 0.319 e. The molecule has 10 heteroatoms. The zero-order valence-electron chi connectivity index (χ0n) is 18.6. The van der Waals surface area contributed by atoms with Crippen molar-refractivity contribution in [3.05, 3.63) is 46.9 Å². The molecular weight excluding hydrogens is 461 g/mol. The van der Waals surface area contributed by atoms with Crippen LogP contribution in [-0.4, -0.2) is 52.2 Å². The molecule has 2 aromatic heterocycles. The van der Waals surface area contributed by atoms with E-state index in [-0.39, 0.29) is 17.9 Å². The van der Waals surface area contributed by atoms with Crippen LogP contribution in [0.4, 0.5) is 14.9 Å². The summed E-state index contributed by atoms with van der Waals surface area (Å²) in [5, 5.41) is 7.36. The highest BCUT2D eigenvalue weighted by Crippen LogP contribution is 2.34. The van der Waals surface area contributed by atoms with Crippen LogP contribution in [0.2, 0.25) is 0 Å². The van der Waals surface area contributed by atoms with E-state index in [1.54, 1.807) is 29.8 Å². The van der Waals surface area contributed by atoms with Gasteiger partial charge in [-0.2, -0.15) is 0 Å². The molecule has 1 unspecified atom stereocenters. The number of carbonyl (C=O) groups excluding carboxylic acids is 2. The van der Waals surface area contributed by atoms with Gasteiger partial charge in [-0.05, 0) is 56.4 Å². The van der Waals surface area contributed by atoms with Crippen molar-refractivity contribution in [1.82, 2.24) is 20.2 Å². The predicted octanol–water partition coefficient (Wildman–Crippen LogP) is 4.60. The minimum absolute atomic E-state index is 0.0743. The number of likely N-dealkylation sites (tertiary alicyclic amines) is 1. The summed E-state index contributed by atoms with van der Waals surface area (Å²) in [5.41, 5.74) is 1.58. The highest BCUT2D eigenvalue weighted by molar-refractivity contribution is 8.00. The third-order valence-electron chi connectivity index (χ3n) is 5.77. The highest BCUT2D eigenvalue weighted by Gasteiger charge is 2.24. The molecule has 1 aliphatic heterocycles. The molecule has 3 aromatic rings. The number of nitrogens with one attached hydrogen (secondary N) is 2. The third-order valence-corrected chi connectivity index (χ3v) is 7.86. The molecule has 2 N–H and O–H groups in total. The molecule has 0 aliphatic carbocycles. The monoisotopic (exact) mass is 487 g/mol. The summed E-state index contributed by atoms with van der Waals surface area (Å²) in [5.74, 6) is 0.170. The van der Waals surface area contributed by atoms with Crippen LogP contribution in [0.3, 0.4) is 0 Å². The maximum absolute atomic E-state index is 13.3. The maximum atomic E-state index is 13.3. The largest absolute Gasteiger partial charge is 0.342 e. The van der Waals surface area contributed by atoms with Gasteiger partial charge in [0.25, 0.3) is 0 Å². The van der Waals surface area contributed by atoms with Crippen molar-refractivity contribution >= 4 is 50.9 Å². The van der Waals surface area contributed by atoms with Gasteiger partial charge in [-0.3, -0.25) is 4.79 Å². The molecule has 4 rings (SSSR count). The Hall–Kier alpha value is -2.72. The van der Waals surface area contributed by atoms with Gasteiger partial charge in [0.1, 0.15) is 22.0 Å². The van der Waals surface area contributed by atoms with Gasteiger partial charge < -0.3 is 15.5 Å². The number of thioether (sulfide) groups is 1. The van der Waals surface area contributed by atoms with Gasteiger partial charge in [-0.1, -0.05) is 17.8 Å². The molecule has 1 fully saturated rings. The summed E-state index contributed by atoms with van der Waals surface area (Å²) in [4.78, 5) is 37.8. The first-order valence-corrected chi connectivity index (χ1v) is 12.6. The van der Waals surface area contributed by atoms with Crippen LogP contribution >= 0.6 is 23.1 Å². The lowest BCUT2D eigenvalue weighted by molar-refractivity contribution is -0.130. The predicted molar refractivity (Wildman–Crippen MR) is 130 cm³/mol. The summed E-state index contributed by atoms with van der Waals surface area (Å²) in [6, 6.07) is 5.38. The minimum atomic E-state index is -0.404. The number of benzene rings is 1. The molecule has 0 saturated carbocycles. The van der Waals surface area contributed by atoms with E-state index in [0.717, 1.165) is 34.6 Å². The first-order valence-electron chi connectivity index (χ1n) is 10.8. The van der Waals surface area contributed by atoms with Crippen LogP contribution in [0.1, 0.15) is 23.3 Å². The standard InChI is InChI=1S/C23H26FN5O2S2/c1-14-15(2)33-22-20(14)21(26-13-27-22)32-12-19(30)29-8-4-5-16(11-29)10-25-23(31)28-18-7-3-6-17(24)9-18/h3,6-7,9,13,16H,4-5,8,10-12H2,1-2H3,(H2,25,28,31). The molecule has 1 aromatic carbocycles. The van der Waals surface area contributed by atoms with Crippen LogP contribution < -0.4 is 10.6 Å². The Balaban J connectivity index is 1.28. The number of rotatable bonds is 6. The summed E-state index contributed by atoms with van der Waals surface area (Å²) >= 11 is 3.10. The lowest BCUT2D eigenvalue weighted by Gasteiger charge is -2.32. The van der Waals surface area contributed by atoms with Gasteiger partial charge in [0.05, 0.1) is 5.75 Å². The van der Waals surface area contributed by atoms with Crippen LogP contribution in [-0.2, 0) is 4.79 Å². The Bertz CT molecular complexity index is 1170. The van der Waals surface area contributed by atoms with E-state index in [9.17, 15) is 14.0 Å². The summed E-state index contributed by atoms with van der Waals surface area (Å²) in [6.07, 6.45) is 3.40. The van der Waals surface area contributed by atoms with Crippen molar-refractivity contribution in [2.75, 3.05) is 30.7 Å². The Morgan fingerprint density at radius 1 is 1.30 bits per heavy atom. The number of hydrogen-bond donors (Lipinski definition) is 2.